The molecule has 0 aliphatic heterocycles. The lowest BCUT2D eigenvalue weighted by Gasteiger charge is -2.23. The number of allylic oxidation sites excluding steroid dienone is 13. The Morgan fingerprint density at radius 2 is 0.714 bits per heavy atom. The zero-order valence-corrected chi connectivity index (χ0v) is 52.4. The van der Waals surface area contributed by atoms with Crippen LogP contribution in [-0.2, 0) is 6.42 Å². The molecule has 0 spiro atoms. The van der Waals surface area contributed by atoms with E-state index >= 15 is 114 Å². The Labute approximate surface area is 561 Å². The largest absolute Gasteiger partial charge is 0.240 e. The third kappa shape index (κ3) is 12.8. The number of benzene rings is 7. The summed E-state index contributed by atoms with van der Waals surface area (Å²) >= 11 is 0. The molecule has 5 atom stereocenters. The van der Waals surface area contributed by atoms with Crippen LogP contribution >= 0.6 is 18.5 Å². The van der Waals surface area contributed by atoms with Crippen molar-refractivity contribution < 1.29 is 171 Å². The van der Waals surface area contributed by atoms with Crippen LogP contribution in [-0.4, -0.2) is 12.3 Å². The van der Waals surface area contributed by atoms with Crippen molar-refractivity contribution in [1.29, 1.82) is 0 Å². The first-order valence-electron chi connectivity index (χ1n) is 27.3. The average Bonchev–Trinajstić information content (AvgIpc) is 0.776. The molecule has 0 N–H and O–H groups in total. The first kappa shape index (κ1) is 81.5. The van der Waals surface area contributed by atoms with Gasteiger partial charge in [0.05, 0.1) is 61.2 Å². The summed E-state index contributed by atoms with van der Waals surface area (Å²) < 4.78 is 617. The summed E-state index contributed by atoms with van der Waals surface area (Å²) in [6.07, 6.45) is -14.2. The summed E-state index contributed by atoms with van der Waals surface area (Å²) in [6.45, 7) is -0.568. The molecule has 0 radical (unpaired) electrons. The van der Waals surface area contributed by atoms with E-state index in [1.54, 1.807) is 0 Å². The number of rotatable bonds is 14. The van der Waals surface area contributed by atoms with E-state index in [2.05, 4.69) is 0 Å². The zero-order valence-electron chi connectivity index (χ0n) is 50.1. The minimum absolute atomic E-state index is 0.0924. The highest BCUT2D eigenvalue weighted by atomic mass is 31.0. The van der Waals surface area contributed by atoms with Gasteiger partial charge in [-0.05, 0) is 44.2 Å². The third-order valence-electron chi connectivity index (χ3n) is 15.7. The fraction of sp³-hybridized carbons (Fsp3) is 0.125. The zero-order chi connectivity index (χ0) is 79.6. The number of halogens is 39. The first-order chi connectivity index (χ1) is 48.6. The van der Waals surface area contributed by atoms with Gasteiger partial charge in [0.2, 0.25) is 23.3 Å². The fourth-order valence-electron chi connectivity index (χ4n) is 10.7. The van der Waals surface area contributed by atoms with Crippen LogP contribution in [0, 0.1) is 169 Å². The molecular formula is C64H21F39P2. The van der Waals surface area contributed by atoms with Crippen molar-refractivity contribution in [1.82, 2.24) is 0 Å². The lowest BCUT2D eigenvalue weighted by atomic mass is 9.85. The van der Waals surface area contributed by atoms with Crippen LogP contribution < -0.4 is 5.30 Å². The van der Waals surface area contributed by atoms with Crippen LogP contribution in [0.15, 0.2) is 58.0 Å². The summed E-state index contributed by atoms with van der Waals surface area (Å²) in [5.41, 5.74) is -50.9. The van der Waals surface area contributed by atoms with Crippen LogP contribution in [0.3, 0.4) is 0 Å². The summed E-state index contributed by atoms with van der Waals surface area (Å²) in [6, 6.07) is 0. The Hall–Kier alpha value is -9.15. The molecule has 0 amide bonds. The van der Waals surface area contributed by atoms with Crippen molar-refractivity contribution in [3.63, 3.8) is 0 Å². The molecule has 0 heterocycles. The van der Waals surface area contributed by atoms with E-state index in [0.29, 0.717) is 0 Å². The number of hydrogen-bond donors (Lipinski definition) is 0. The monoisotopic (exact) mass is 1590 g/mol. The Kier molecular flexibility index (Phi) is 23.0. The van der Waals surface area contributed by atoms with E-state index < -0.39 is 346 Å². The molecule has 41 heteroatoms. The van der Waals surface area contributed by atoms with E-state index in [-0.39, 0.29) is 26.6 Å². The summed E-state index contributed by atoms with van der Waals surface area (Å²) in [7, 11) is 1.97. The molecule has 0 aromatic heterocycles. The molecule has 1 aliphatic carbocycles. The molecule has 560 valence electrons. The molecule has 0 bridgehead atoms. The predicted molar refractivity (Wildman–Crippen MR) is 296 cm³/mol. The molecule has 0 fully saturated rings. The van der Waals surface area contributed by atoms with Crippen LogP contribution in [0.4, 0.5) is 171 Å². The summed E-state index contributed by atoms with van der Waals surface area (Å²) in [5.74, 6) is -128. The number of hydrogen-bond acceptors (Lipinski definition) is 0. The second kappa shape index (κ2) is 29.7. The first-order valence-corrected chi connectivity index (χ1v) is 28.6. The lowest BCUT2D eigenvalue weighted by molar-refractivity contribution is 0.286. The summed E-state index contributed by atoms with van der Waals surface area (Å²) in [4.78, 5) is 0. The second-order valence-electron chi connectivity index (χ2n) is 21.5. The van der Waals surface area contributed by atoms with Gasteiger partial charge in [0.25, 0.3) is 0 Å². The predicted octanol–water partition coefficient (Wildman–Crippen LogP) is 23.9. The van der Waals surface area contributed by atoms with E-state index in [1.807, 2.05) is 0 Å². The van der Waals surface area contributed by atoms with Crippen molar-refractivity contribution in [2.75, 3.05) is 0 Å². The normalized spacial score (nSPS) is 16.0. The van der Waals surface area contributed by atoms with E-state index in [1.165, 1.54) is 9.24 Å². The molecule has 7 aromatic rings. The molecule has 0 saturated carbocycles. The quantitative estimate of drug-likeness (QED) is 0.0335. The van der Waals surface area contributed by atoms with Gasteiger partial charge in [0.1, 0.15) is 81.9 Å². The van der Waals surface area contributed by atoms with Gasteiger partial charge >= 0.3 is 0 Å². The van der Waals surface area contributed by atoms with Gasteiger partial charge < -0.3 is 0 Å². The second-order valence-corrected chi connectivity index (χ2v) is 22.4. The maximum Gasteiger partial charge on any atom is 0.200 e. The molecule has 8 rings (SSSR count). The Morgan fingerprint density at radius 3 is 1.13 bits per heavy atom. The van der Waals surface area contributed by atoms with Gasteiger partial charge in [-0.1, -0.05) is 0 Å². The maximum atomic E-state index is 18.1. The van der Waals surface area contributed by atoms with Crippen molar-refractivity contribution >= 4 is 46.1 Å². The average molecular weight is 1590 g/mol. The molecule has 7 aromatic carbocycles. The minimum atomic E-state index is -4.39. The number of alkyl halides is 2. The smallest absolute Gasteiger partial charge is 0.200 e. The molecule has 105 heavy (non-hydrogen) atoms. The standard InChI is InChI=1S/C64H21F39P2/c1-7(15(14(68)6-104)18-44(84)54(94)61(101)55(95)45(18)85)29(69)8(2)16-36(76)23(39(79)24(37(16)77)26-43(83)50(90)28(64(105)51(26)91)27-48(88)58(98)63(103)59(99)49(27)89)21-32(72)11(5-13(67)34(74)19(30(70)9(3)65)25-46(86)56(96)62(102)57(97)47(25)87)31(71)20(38(21)78)22-35(75)12(66)4-10(33(73)42(22)82)17-40(80)52(92)60(100)53(93)41(17)81/h6,9-10,12H,4-5,104-105H2,1-3H3/b14-6-,15-7+,29-8-,30-19+,34-13-. The highest BCUT2D eigenvalue weighted by Crippen LogP contribution is 2.53. The fourth-order valence-corrected chi connectivity index (χ4v) is 11.3. The molecule has 5 unspecified atom stereocenters. The van der Waals surface area contributed by atoms with E-state index in [4.69, 9.17) is 0 Å². The van der Waals surface area contributed by atoms with Crippen molar-refractivity contribution in [2.45, 2.75) is 51.9 Å². The van der Waals surface area contributed by atoms with Gasteiger partial charge in [-0.25, -0.2) is 171 Å². The van der Waals surface area contributed by atoms with E-state index in [0.717, 1.165) is 9.24 Å². The van der Waals surface area contributed by atoms with Crippen LogP contribution in [0.25, 0.3) is 55.7 Å². The minimum Gasteiger partial charge on any atom is -0.240 e. The van der Waals surface area contributed by atoms with Crippen molar-refractivity contribution in [3.8, 4) is 33.4 Å². The van der Waals surface area contributed by atoms with Gasteiger partial charge in [-0.2, -0.15) is 0 Å². The molecule has 0 saturated heterocycles. The van der Waals surface area contributed by atoms with Gasteiger partial charge in [-0.3, -0.25) is 0 Å². The van der Waals surface area contributed by atoms with Crippen LogP contribution in [0.5, 0.6) is 0 Å². The van der Waals surface area contributed by atoms with Crippen molar-refractivity contribution in [2.24, 2.45) is 0 Å². The Balaban J connectivity index is 1.66. The Morgan fingerprint density at radius 1 is 0.381 bits per heavy atom. The van der Waals surface area contributed by atoms with Crippen LogP contribution in [0.2, 0.25) is 0 Å². The molecule has 0 nitrogen and oxygen atoms in total. The lowest BCUT2D eigenvalue weighted by Crippen LogP contribution is -2.18. The highest BCUT2D eigenvalue weighted by Gasteiger charge is 2.46. The highest BCUT2D eigenvalue weighted by molar-refractivity contribution is 7.28. The molecular weight excluding hydrogens is 1570 g/mol. The SMILES string of the molecule is CC(/C(F)=C(\C)c1c(F)c(-c2c(F)c(F)c(-c3c(F)c(F)c(F)c(F)c3F)c(P)c2F)c(F)c(-c2c(F)c(C/C(F)=C(F)\C(=C(\F)C(C)F)c3c(F)c(F)c(F)c(F)c3F)c(F)c(C3=C(F)C(F)CC(c4c(F)c(F)c(F)c(F)c4F)C(F)=C3F)c2F)c1F)=C(/C(F)=C/P)c1c(F)c(F)c(F)c(F)c1F. The van der Waals surface area contributed by atoms with Crippen molar-refractivity contribution in [3.05, 3.63) is 260 Å². The van der Waals surface area contributed by atoms with Gasteiger partial charge in [-0.15, -0.1) is 18.5 Å². The van der Waals surface area contributed by atoms with Gasteiger partial charge in [0, 0.05) is 39.9 Å². The summed E-state index contributed by atoms with van der Waals surface area (Å²) in [5, 5.41) is -2.32. The maximum absolute atomic E-state index is 18.1. The Bertz CT molecular complexity index is 5100. The van der Waals surface area contributed by atoms with Crippen LogP contribution in [0.1, 0.15) is 66.5 Å². The third-order valence-corrected chi connectivity index (χ3v) is 16.5. The van der Waals surface area contributed by atoms with E-state index in [9.17, 15) is 57.1 Å². The molecule has 1 aliphatic rings. The van der Waals surface area contributed by atoms with Gasteiger partial charge in [0.15, 0.2) is 123 Å². The topological polar surface area (TPSA) is 0 Å².